The maximum absolute atomic E-state index is 11.7. The van der Waals surface area contributed by atoms with Gasteiger partial charge in [0.05, 0.1) is 24.4 Å². The summed E-state index contributed by atoms with van der Waals surface area (Å²) in [6, 6.07) is 0. The van der Waals surface area contributed by atoms with Crippen molar-refractivity contribution in [2.75, 3.05) is 0 Å². The molecule has 5 nitrogen and oxygen atoms in total. The zero-order valence-corrected chi connectivity index (χ0v) is 17.1. The number of allylic oxidation sites excluding steroid dienone is 7. The number of carbonyl (C=O) groups excluding carboxylic acids is 1. The molecule has 0 unspecified atom stereocenters. The van der Waals surface area contributed by atoms with Crippen LogP contribution < -0.4 is 0 Å². The molecule has 0 amide bonds. The quantitative estimate of drug-likeness (QED) is 0.538. The Bertz CT molecular complexity index is 627. The highest BCUT2D eigenvalue weighted by molar-refractivity contribution is 5.82. The highest BCUT2D eigenvalue weighted by Crippen LogP contribution is 2.08. The van der Waals surface area contributed by atoms with Crippen LogP contribution in [0, 0.1) is 0 Å². The van der Waals surface area contributed by atoms with Crippen LogP contribution in [0.25, 0.3) is 0 Å². The summed E-state index contributed by atoms with van der Waals surface area (Å²) in [7, 11) is 0. The smallest absolute Gasteiger partial charge is 0.331 e. The number of esters is 1. The molecule has 5 heteroatoms. The van der Waals surface area contributed by atoms with E-state index in [0.717, 1.165) is 19.3 Å². The van der Waals surface area contributed by atoms with E-state index in [4.69, 9.17) is 4.74 Å². The fourth-order valence-corrected chi connectivity index (χ4v) is 2.66. The van der Waals surface area contributed by atoms with Gasteiger partial charge in [-0.3, -0.25) is 0 Å². The second kappa shape index (κ2) is 15.7. The van der Waals surface area contributed by atoms with E-state index in [0.29, 0.717) is 12.8 Å². The van der Waals surface area contributed by atoms with Crippen molar-refractivity contribution < 1.29 is 24.9 Å². The predicted molar refractivity (Wildman–Crippen MR) is 116 cm³/mol. The van der Waals surface area contributed by atoms with Crippen molar-refractivity contribution >= 4 is 5.97 Å². The van der Waals surface area contributed by atoms with Crippen LogP contribution in [0.3, 0.4) is 0 Å². The Hall–Kier alpha value is -2.21. The van der Waals surface area contributed by atoms with Crippen LogP contribution >= 0.6 is 0 Å². The molecule has 3 N–H and O–H groups in total. The Morgan fingerprint density at radius 2 is 1.52 bits per heavy atom. The van der Waals surface area contributed by atoms with Gasteiger partial charge in [-0.25, -0.2) is 4.79 Å². The molecule has 1 aliphatic rings. The maximum atomic E-state index is 11.7. The lowest BCUT2D eigenvalue weighted by atomic mass is 10.1. The van der Waals surface area contributed by atoms with Crippen molar-refractivity contribution in [3.05, 3.63) is 72.9 Å². The molecule has 0 aromatic carbocycles. The van der Waals surface area contributed by atoms with E-state index in [2.05, 4.69) is 0 Å². The summed E-state index contributed by atoms with van der Waals surface area (Å²) in [5, 5.41) is 29.8. The average Bonchev–Trinajstić information content (AvgIpc) is 2.65. The van der Waals surface area contributed by atoms with E-state index < -0.39 is 18.3 Å². The van der Waals surface area contributed by atoms with Crippen LogP contribution in [-0.4, -0.2) is 45.7 Å². The second-order valence-electron chi connectivity index (χ2n) is 7.09. The van der Waals surface area contributed by atoms with E-state index in [1.54, 1.807) is 54.7 Å². The lowest BCUT2D eigenvalue weighted by Gasteiger charge is -2.10. The van der Waals surface area contributed by atoms with Crippen molar-refractivity contribution in [2.45, 2.75) is 69.9 Å². The molecular formula is C24H34O5. The average molecular weight is 403 g/mol. The monoisotopic (exact) mass is 402 g/mol. The number of aliphatic hydroxyl groups excluding tert-OH is 3. The Balaban J connectivity index is 2.66. The van der Waals surface area contributed by atoms with Crippen molar-refractivity contribution in [2.24, 2.45) is 0 Å². The van der Waals surface area contributed by atoms with Crippen LogP contribution in [0.4, 0.5) is 0 Å². The van der Waals surface area contributed by atoms with Gasteiger partial charge < -0.3 is 20.1 Å². The number of hydrogen-bond acceptors (Lipinski definition) is 5. The standard InChI is InChI=1S/C24H34O5/c1-20-13-7-3-2-4-8-16-22(26)19-23(27)17-11-5-9-14-21(25)15-10-6-12-18-24(28)29-20/h2,4-6,8-12,14,16,18,20-23,25-27H,3,7,13,15,17,19H2,1H3/b4-2+,10-6?,11-5?,14-9+,16-8+,18-12?/t20-,21-,22+,23+/m1/s1. The van der Waals surface area contributed by atoms with Gasteiger partial charge >= 0.3 is 5.97 Å². The third-order valence-corrected chi connectivity index (χ3v) is 4.24. The molecule has 0 radical (unpaired) electrons. The van der Waals surface area contributed by atoms with E-state index in [9.17, 15) is 20.1 Å². The summed E-state index contributed by atoms with van der Waals surface area (Å²) in [5.74, 6) is -0.378. The molecule has 4 atom stereocenters. The van der Waals surface area contributed by atoms with Crippen molar-refractivity contribution in [1.29, 1.82) is 0 Å². The zero-order valence-electron chi connectivity index (χ0n) is 17.1. The van der Waals surface area contributed by atoms with Crippen LogP contribution in [0.1, 0.15) is 45.4 Å². The number of hydrogen-bond donors (Lipinski definition) is 3. The van der Waals surface area contributed by atoms with E-state index in [1.807, 2.05) is 19.1 Å². The third-order valence-electron chi connectivity index (χ3n) is 4.24. The molecule has 160 valence electrons. The molecule has 0 bridgehead atoms. The summed E-state index contributed by atoms with van der Waals surface area (Å²) < 4.78 is 5.31. The fourth-order valence-electron chi connectivity index (χ4n) is 2.66. The SMILES string of the molecule is C[C@@H]1CCC/C=C/C=C/[C@H](O)C[C@@H](O)CC=C/C=C/[C@@H](O)CC=CC=CC(=O)O1. The maximum Gasteiger partial charge on any atom is 0.331 e. The van der Waals surface area contributed by atoms with Gasteiger partial charge in [0.15, 0.2) is 0 Å². The summed E-state index contributed by atoms with van der Waals surface area (Å²) >= 11 is 0. The summed E-state index contributed by atoms with van der Waals surface area (Å²) in [5.41, 5.74) is 0. The van der Waals surface area contributed by atoms with Gasteiger partial charge in [0.25, 0.3) is 0 Å². The minimum atomic E-state index is -0.703. The normalized spacial score (nSPS) is 32.1. The number of rotatable bonds is 0. The summed E-state index contributed by atoms with van der Waals surface area (Å²) in [6.45, 7) is 1.87. The molecule has 0 aromatic rings. The Kier molecular flexibility index (Phi) is 13.4. The van der Waals surface area contributed by atoms with Crippen LogP contribution in [0.2, 0.25) is 0 Å². The van der Waals surface area contributed by atoms with Gasteiger partial charge in [0.1, 0.15) is 0 Å². The van der Waals surface area contributed by atoms with E-state index in [1.165, 1.54) is 6.08 Å². The highest BCUT2D eigenvalue weighted by Gasteiger charge is 2.07. The topological polar surface area (TPSA) is 87.0 Å². The molecule has 1 aliphatic heterocycles. The zero-order chi connectivity index (χ0) is 21.3. The second-order valence-corrected chi connectivity index (χ2v) is 7.09. The molecule has 0 fully saturated rings. The lowest BCUT2D eigenvalue weighted by Crippen LogP contribution is -2.14. The fraction of sp³-hybridized carbons (Fsp3) is 0.458. The van der Waals surface area contributed by atoms with Crippen LogP contribution in [0.15, 0.2) is 72.9 Å². The first-order chi connectivity index (χ1) is 14.0. The van der Waals surface area contributed by atoms with Gasteiger partial charge in [-0.1, -0.05) is 66.8 Å². The first-order valence-corrected chi connectivity index (χ1v) is 10.2. The Morgan fingerprint density at radius 3 is 2.31 bits per heavy atom. The summed E-state index contributed by atoms with van der Waals surface area (Å²) in [6.07, 6.45) is 22.2. The number of cyclic esters (lactones) is 1. The van der Waals surface area contributed by atoms with Gasteiger partial charge in [-0.2, -0.15) is 0 Å². The highest BCUT2D eigenvalue weighted by atomic mass is 16.5. The molecule has 0 aliphatic carbocycles. The van der Waals surface area contributed by atoms with E-state index >= 15 is 0 Å². The number of aliphatic hydroxyl groups is 3. The minimum absolute atomic E-state index is 0.158. The first kappa shape index (κ1) is 24.8. The molecule has 1 heterocycles. The van der Waals surface area contributed by atoms with Crippen molar-refractivity contribution in [3.8, 4) is 0 Å². The molecular weight excluding hydrogens is 368 g/mol. The molecule has 0 spiro atoms. The Labute approximate surface area is 174 Å². The lowest BCUT2D eigenvalue weighted by molar-refractivity contribution is -0.142. The molecule has 1 rings (SSSR count). The molecule has 0 saturated heterocycles. The third kappa shape index (κ3) is 14.4. The molecule has 29 heavy (non-hydrogen) atoms. The summed E-state index contributed by atoms with van der Waals surface area (Å²) in [4.78, 5) is 11.7. The van der Waals surface area contributed by atoms with Gasteiger partial charge in [0, 0.05) is 12.5 Å². The number of ether oxygens (including phenoxy) is 1. The van der Waals surface area contributed by atoms with Crippen LogP contribution in [0.5, 0.6) is 0 Å². The Morgan fingerprint density at radius 1 is 0.862 bits per heavy atom. The largest absolute Gasteiger partial charge is 0.460 e. The number of carbonyl (C=O) groups is 1. The van der Waals surface area contributed by atoms with Gasteiger partial charge in [-0.15, -0.1) is 0 Å². The molecule has 0 aromatic heterocycles. The predicted octanol–water partition coefficient (Wildman–Crippen LogP) is 3.69. The van der Waals surface area contributed by atoms with Gasteiger partial charge in [0.2, 0.25) is 0 Å². The van der Waals surface area contributed by atoms with E-state index in [-0.39, 0.29) is 18.5 Å². The van der Waals surface area contributed by atoms with Crippen molar-refractivity contribution in [3.63, 3.8) is 0 Å². The van der Waals surface area contributed by atoms with Gasteiger partial charge in [-0.05, 0) is 39.0 Å². The minimum Gasteiger partial charge on any atom is -0.460 e. The van der Waals surface area contributed by atoms with Crippen LogP contribution in [-0.2, 0) is 9.53 Å². The first-order valence-electron chi connectivity index (χ1n) is 10.2. The van der Waals surface area contributed by atoms with Crippen molar-refractivity contribution in [1.82, 2.24) is 0 Å². The molecule has 0 saturated carbocycles.